The first-order valence-electron chi connectivity index (χ1n) is 9.66. The van der Waals surface area contributed by atoms with E-state index in [1.165, 1.54) is 0 Å². The minimum Gasteiger partial charge on any atom is -0.352 e. The third kappa shape index (κ3) is 4.81. The number of hydrogen-bond donors (Lipinski definition) is 0. The molecule has 152 valence electrons. The molecule has 4 rings (SSSR count). The summed E-state index contributed by atoms with van der Waals surface area (Å²) in [5, 5.41) is 9.82. The second-order valence-electron chi connectivity index (χ2n) is 6.95. The topological polar surface area (TPSA) is 49.3 Å². The van der Waals surface area contributed by atoms with Crippen LogP contribution in [0.1, 0.15) is 5.56 Å². The average molecular weight is 439 g/mol. The highest BCUT2D eigenvalue weighted by Crippen LogP contribution is 2.22. The zero-order valence-corrected chi connectivity index (χ0v) is 17.7. The summed E-state index contributed by atoms with van der Waals surface area (Å²) in [6, 6.07) is 19.1. The number of benzene rings is 2. The molecule has 0 unspecified atom stereocenters. The van der Waals surface area contributed by atoms with Gasteiger partial charge in [0.15, 0.2) is 5.82 Å². The molecule has 1 fully saturated rings. The van der Waals surface area contributed by atoms with Crippen molar-refractivity contribution in [1.29, 1.82) is 0 Å². The van der Waals surface area contributed by atoms with E-state index in [-0.39, 0.29) is 5.91 Å². The Morgan fingerprint density at radius 3 is 2.33 bits per heavy atom. The largest absolute Gasteiger partial charge is 0.352 e. The van der Waals surface area contributed by atoms with E-state index in [1.807, 2.05) is 47.4 Å². The lowest BCUT2D eigenvalue weighted by atomic mass is 10.1. The number of amides is 1. The molecule has 30 heavy (non-hydrogen) atoms. The minimum atomic E-state index is -0.0359. The fourth-order valence-corrected chi connectivity index (χ4v) is 3.79. The van der Waals surface area contributed by atoms with Crippen LogP contribution in [0.15, 0.2) is 66.7 Å². The maximum absolute atomic E-state index is 12.5. The summed E-state index contributed by atoms with van der Waals surface area (Å²) in [7, 11) is 0. The molecule has 0 radical (unpaired) electrons. The standard InChI is InChI=1S/C23H20Cl2N4O/c24-19-8-6-17(20(25)16-19)7-11-23(30)29-14-12-28(13-15-29)22-10-9-21(26-27-22)18-4-2-1-3-5-18/h1-11,16H,12-15H2/b11-7+. The highest BCUT2D eigenvalue weighted by atomic mass is 35.5. The van der Waals surface area contributed by atoms with Crippen LogP contribution in [0.3, 0.4) is 0 Å². The molecule has 7 heteroatoms. The number of piperazine rings is 1. The molecule has 1 aromatic heterocycles. The normalized spacial score (nSPS) is 14.3. The first kappa shape index (κ1) is 20.4. The van der Waals surface area contributed by atoms with Crippen molar-refractivity contribution in [3.8, 4) is 11.3 Å². The summed E-state index contributed by atoms with van der Waals surface area (Å²) in [4.78, 5) is 16.5. The predicted octanol–water partition coefficient (Wildman–Crippen LogP) is 4.81. The van der Waals surface area contributed by atoms with Crippen molar-refractivity contribution in [3.05, 3.63) is 82.3 Å². The second-order valence-corrected chi connectivity index (χ2v) is 7.80. The predicted molar refractivity (Wildman–Crippen MR) is 122 cm³/mol. The molecular weight excluding hydrogens is 419 g/mol. The molecule has 0 spiro atoms. The Kier molecular flexibility index (Phi) is 6.31. The van der Waals surface area contributed by atoms with Crippen LogP contribution in [0.4, 0.5) is 5.82 Å². The van der Waals surface area contributed by atoms with Crippen molar-refractivity contribution in [2.24, 2.45) is 0 Å². The second kappa shape index (κ2) is 9.28. The molecule has 2 heterocycles. The van der Waals surface area contributed by atoms with Gasteiger partial charge in [-0.3, -0.25) is 4.79 Å². The van der Waals surface area contributed by atoms with Gasteiger partial charge in [0.2, 0.25) is 5.91 Å². The van der Waals surface area contributed by atoms with E-state index in [1.54, 1.807) is 30.4 Å². The fourth-order valence-electron chi connectivity index (χ4n) is 3.32. The summed E-state index contributed by atoms with van der Waals surface area (Å²) >= 11 is 12.1. The van der Waals surface area contributed by atoms with Gasteiger partial charge in [0.25, 0.3) is 0 Å². The van der Waals surface area contributed by atoms with Crippen molar-refractivity contribution >= 4 is 41.0 Å². The highest BCUT2D eigenvalue weighted by Gasteiger charge is 2.21. The fraction of sp³-hybridized carbons (Fsp3) is 0.174. The van der Waals surface area contributed by atoms with Gasteiger partial charge in [-0.2, -0.15) is 0 Å². The van der Waals surface area contributed by atoms with Crippen LogP contribution in [0.25, 0.3) is 17.3 Å². The van der Waals surface area contributed by atoms with Crippen molar-refractivity contribution in [2.75, 3.05) is 31.1 Å². The highest BCUT2D eigenvalue weighted by molar-refractivity contribution is 6.35. The Morgan fingerprint density at radius 2 is 1.67 bits per heavy atom. The van der Waals surface area contributed by atoms with Crippen LogP contribution in [0.2, 0.25) is 10.0 Å². The first-order valence-corrected chi connectivity index (χ1v) is 10.4. The molecule has 1 amide bonds. The third-order valence-corrected chi connectivity index (χ3v) is 5.57. The molecule has 0 aliphatic carbocycles. The molecule has 0 bridgehead atoms. The lowest BCUT2D eigenvalue weighted by Crippen LogP contribution is -2.48. The van der Waals surface area contributed by atoms with E-state index in [4.69, 9.17) is 23.2 Å². The van der Waals surface area contributed by atoms with Crippen LogP contribution in [-0.2, 0) is 4.79 Å². The van der Waals surface area contributed by atoms with E-state index in [2.05, 4.69) is 15.1 Å². The van der Waals surface area contributed by atoms with Gasteiger partial charge in [-0.25, -0.2) is 0 Å². The Labute approximate surface area is 185 Å². The molecule has 0 atom stereocenters. The van der Waals surface area contributed by atoms with Crippen LogP contribution >= 0.6 is 23.2 Å². The van der Waals surface area contributed by atoms with Gasteiger partial charge < -0.3 is 9.80 Å². The maximum Gasteiger partial charge on any atom is 0.246 e. The van der Waals surface area contributed by atoms with E-state index < -0.39 is 0 Å². The van der Waals surface area contributed by atoms with Gasteiger partial charge >= 0.3 is 0 Å². The van der Waals surface area contributed by atoms with Crippen molar-refractivity contribution in [2.45, 2.75) is 0 Å². The summed E-state index contributed by atoms with van der Waals surface area (Å²) in [5.74, 6) is 0.788. The Morgan fingerprint density at radius 1 is 0.900 bits per heavy atom. The number of carbonyl (C=O) groups excluding carboxylic acids is 1. The lowest BCUT2D eigenvalue weighted by Gasteiger charge is -2.34. The van der Waals surface area contributed by atoms with E-state index in [0.717, 1.165) is 22.6 Å². The molecule has 3 aromatic rings. The number of hydrogen-bond acceptors (Lipinski definition) is 4. The summed E-state index contributed by atoms with van der Waals surface area (Å²) < 4.78 is 0. The SMILES string of the molecule is O=C(/C=C/c1ccc(Cl)cc1Cl)N1CCN(c2ccc(-c3ccccc3)nn2)CC1. The molecule has 5 nitrogen and oxygen atoms in total. The summed E-state index contributed by atoms with van der Waals surface area (Å²) in [5.41, 5.74) is 2.65. The summed E-state index contributed by atoms with van der Waals surface area (Å²) in [6.07, 6.45) is 3.28. The Balaban J connectivity index is 1.34. The molecule has 2 aromatic carbocycles. The summed E-state index contributed by atoms with van der Waals surface area (Å²) in [6.45, 7) is 2.67. The first-order chi connectivity index (χ1) is 14.6. The van der Waals surface area contributed by atoms with Gasteiger partial charge in [-0.1, -0.05) is 59.6 Å². The van der Waals surface area contributed by atoms with Gasteiger partial charge in [0.05, 0.1) is 5.69 Å². The maximum atomic E-state index is 12.5. The lowest BCUT2D eigenvalue weighted by molar-refractivity contribution is -0.126. The Bertz CT molecular complexity index is 1050. The molecule has 0 N–H and O–H groups in total. The van der Waals surface area contributed by atoms with E-state index in [9.17, 15) is 4.79 Å². The zero-order valence-electron chi connectivity index (χ0n) is 16.2. The van der Waals surface area contributed by atoms with Crippen molar-refractivity contribution in [1.82, 2.24) is 15.1 Å². The number of nitrogens with zero attached hydrogens (tertiary/aromatic N) is 4. The van der Waals surface area contributed by atoms with Crippen LogP contribution in [0, 0.1) is 0 Å². The van der Waals surface area contributed by atoms with Crippen LogP contribution in [0.5, 0.6) is 0 Å². The average Bonchev–Trinajstić information content (AvgIpc) is 2.79. The number of aromatic nitrogens is 2. The van der Waals surface area contributed by atoms with Gasteiger partial charge in [0.1, 0.15) is 0 Å². The van der Waals surface area contributed by atoms with Gasteiger partial charge in [-0.05, 0) is 35.9 Å². The van der Waals surface area contributed by atoms with Crippen LogP contribution < -0.4 is 4.90 Å². The molecule has 0 saturated carbocycles. The van der Waals surface area contributed by atoms with Crippen molar-refractivity contribution in [3.63, 3.8) is 0 Å². The van der Waals surface area contributed by atoms with Crippen molar-refractivity contribution < 1.29 is 4.79 Å². The third-order valence-electron chi connectivity index (χ3n) is 5.00. The molecule has 1 saturated heterocycles. The smallest absolute Gasteiger partial charge is 0.246 e. The molecule has 1 aliphatic rings. The van der Waals surface area contributed by atoms with Gasteiger partial charge in [-0.15, -0.1) is 10.2 Å². The van der Waals surface area contributed by atoms with E-state index >= 15 is 0 Å². The number of rotatable bonds is 4. The zero-order chi connectivity index (χ0) is 20.9. The minimum absolute atomic E-state index is 0.0359. The van der Waals surface area contributed by atoms with E-state index in [0.29, 0.717) is 36.2 Å². The Hall–Kier alpha value is -2.89. The number of anilines is 1. The van der Waals surface area contributed by atoms with Gasteiger partial charge in [0, 0.05) is 47.9 Å². The molecular formula is C23H20Cl2N4O. The molecule has 1 aliphatic heterocycles. The monoisotopic (exact) mass is 438 g/mol. The number of halogens is 2. The quantitative estimate of drug-likeness (QED) is 0.548. The number of carbonyl (C=O) groups is 1. The van der Waals surface area contributed by atoms with Crippen LogP contribution in [-0.4, -0.2) is 47.2 Å².